The second-order valence-electron chi connectivity index (χ2n) is 16.1. The van der Waals surface area contributed by atoms with Crippen molar-refractivity contribution in [1.82, 2.24) is 19.9 Å². The maximum absolute atomic E-state index is 6.74. The summed E-state index contributed by atoms with van der Waals surface area (Å²) in [6, 6.07) is 72.0. The third-order valence-corrected chi connectivity index (χ3v) is 13.5. The van der Waals surface area contributed by atoms with Crippen LogP contribution in [0.5, 0.6) is 0 Å². The van der Waals surface area contributed by atoms with Crippen LogP contribution in [0.15, 0.2) is 211 Å². The van der Waals surface area contributed by atoms with Crippen LogP contribution >= 0.6 is 11.3 Å². The molecule has 6 heteroatoms. The first-order valence-corrected chi connectivity index (χ1v) is 22.2. The van der Waals surface area contributed by atoms with Crippen LogP contribution in [0.1, 0.15) is 0 Å². The fourth-order valence-corrected chi connectivity index (χ4v) is 10.5. The van der Waals surface area contributed by atoms with Crippen LogP contribution in [-0.2, 0) is 0 Å². The molecule has 0 aliphatic rings. The smallest absolute Gasteiger partial charge is 0.164 e. The van der Waals surface area contributed by atoms with Crippen molar-refractivity contribution in [3.63, 3.8) is 0 Å². The largest absolute Gasteiger partial charge is 0.455 e. The topological polar surface area (TPSA) is 64.7 Å². The average molecular weight is 835 g/mol. The maximum Gasteiger partial charge on any atom is 0.164 e. The van der Waals surface area contributed by atoms with Gasteiger partial charge in [-0.3, -0.25) is 0 Å². The van der Waals surface area contributed by atoms with Gasteiger partial charge in [-0.1, -0.05) is 170 Å². The van der Waals surface area contributed by atoms with Gasteiger partial charge in [-0.05, 0) is 53.1 Å². The van der Waals surface area contributed by atoms with E-state index in [1.54, 1.807) is 0 Å². The summed E-state index contributed by atoms with van der Waals surface area (Å²) in [5.41, 5.74) is 12.0. The number of hydrogen-bond acceptors (Lipinski definition) is 6. The van der Waals surface area contributed by atoms with Gasteiger partial charge in [0.2, 0.25) is 0 Å². The first-order chi connectivity index (χ1) is 31.7. The Kier molecular flexibility index (Phi) is 8.32. The predicted octanol–water partition coefficient (Wildman–Crippen LogP) is 15.8. The molecule has 298 valence electrons. The Morgan fingerprint density at radius 2 is 0.922 bits per heavy atom. The first-order valence-electron chi connectivity index (χ1n) is 21.4. The number of thiophene rings is 1. The number of para-hydroxylation sites is 2. The highest BCUT2D eigenvalue weighted by molar-refractivity contribution is 7.26. The molecule has 64 heavy (non-hydrogen) atoms. The number of rotatable bonds is 6. The number of furan rings is 1. The van der Waals surface area contributed by atoms with Gasteiger partial charge in [-0.15, -0.1) is 11.3 Å². The van der Waals surface area contributed by atoms with E-state index < -0.39 is 0 Å². The normalized spacial score (nSPS) is 11.8. The maximum atomic E-state index is 6.74. The number of pyridine rings is 1. The fraction of sp³-hybridized carbons (Fsp3) is 0. The lowest BCUT2D eigenvalue weighted by molar-refractivity contribution is 0.670. The van der Waals surface area contributed by atoms with Gasteiger partial charge < -0.3 is 4.42 Å². The van der Waals surface area contributed by atoms with Gasteiger partial charge in [0.05, 0.1) is 11.2 Å². The monoisotopic (exact) mass is 834 g/mol. The Labute approximate surface area is 371 Å². The van der Waals surface area contributed by atoms with Crippen LogP contribution < -0.4 is 0 Å². The van der Waals surface area contributed by atoms with Crippen LogP contribution in [-0.4, -0.2) is 19.9 Å². The molecule has 0 saturated carbocycles. The minimum absolute atomic E-state index is 0.625. The van der Waals surface area contributed by atoms with Crippen LogP contribution in [0, 0.1) is 0 Å². The van der Waals surface area contributed by atoms with Crippen LogP contribution in [0.25, 0.3) is 131 Å². The molecule has 0 bridgehead atoms. The van der Waals surface area contributed by atoms with Crippen molar-refractivity contribution in [1.29, 1.82) is 0 Å². The Hall–Kier alpha value is -8.32. The van der Waals surface area contributed by atoms with Crippen molar-refractivity contribution in [2.45, 2.75) is 0 Å². The summed E-state index contributed by atoms with van der Waals surface area (Å²) in [5, 5.41) is 8.24. The van der Waals surface area contributed by atoms with Gasteiger partial charge in [-0.25, -0.2) is 19.9 Å². The Bertz CT molecular complexity index is 3900. The molecule has 0 fully saturated rings. The molecule has 13 rings (SSSR count). The first kappa shape index (κ1) is 36.3. The summed E-state index contributed by atoms with van der Waals surface area (Å²) in [4.78, 5) is 20.1. The van der Waals surface area contributed by atoms with E-state index in [2.05, 4.69) is 146 Å². The highest BCUT2D eigenvalue weighted by Crippen LogP contribution is 2.45. The molecule has 0 spiro atoms. The molecule has 0 aliphatic carbocycles. The van der Waals surface area contributed by atoms with E-state index in [-0.39, 0.29) is 0 Å². The summed E-state index contributed by atoms with van der Waals surface area (Å²) in [5.74, 6) is 1.90. The molecule has 0 amide bonds. The third kappa shape index (κ3) is 5.99. The minimum Gasteiger partial charge on any atom is -0.455 e. The van der Waals surface area contributed by atoms with Crippen LogP contribution in [0.3, 0.4) is 0 Å². The molecular formula is C58H34N4OS. The van der Waals surface area contributed by atoms with Crippen molar-refractivity contribution in [3.8, 4) is 67.7 Å². The Morgan fingerprint density at radius 3 is 1.69 bits per heavy atom. The standard InChI is InChI=1S/C58H34N4OS/c1-4-14-35(15-5-1)53-46-29-28-44-48-34-40(27-31-51(48)64-55(44)52(46)45-22-10-11-25-49(45)59-53)42-23-13-24-43-47-33-39(26-30-50(47)63-54(42)43)38-20-12-21-41(32-38)58-61-56(36-16-6-2-7-17-36)60-57(62-58)37-18-8-3-9-19-37/h1-34H. The van der Waals surface area contributed by atoms with Crippen LogP contribution in [0.2, 0.25) is 0 Å². The van der Waals surface area contributed by atoms with E-state index in [1.807, 2.05) is 72.0 Å². The zero-order valence-electron chi connectivity index (χ0n) is 34.2. The Morgan fingerprint density at radius 1 is 0.344 bits per heavy atom. The lowest BCUT2D eigenvalue weighted by Gasteiger charge is -2.11. The van der Waals surface area contributed by atoms with Gasteiger partial charge in [0.1, 0.15) is 11.2 Å². The number of hydrogen-bond donors (Lipinski definition) is 0. The molecule has 0 saturated heterocycles. The molecule has 0 unspecified atom stereocenters. The Balaban J connectivity index is 0.907. The van der Waals surface area contributed by atoms with E-state index in [0.29, 0.717) is 17.5 Å². The van der Waals surface area contributed by atoms with Gasteiger partial charge in [0.25, 0.3) is 0 Å². The SMILES string of the molecule is c1ccc(-c2nc(-c3ccccc3)nc(-c3cccc(-c4ccc5oc6c(-c7ccc8sc9c(ccc%10c(-c%11ccccc%11)nc%11ccccc%11c%109)c8c7)cccc6c5c4)c3)n2)cc1. The van der Waals surface area contributed by atoms with Gasteiger partial charge in [-0.2, -0.15) is 0 Å². The molecule has 4 aromatic heterocycles. The lowest BCUT2D eigenvalue weighted by Crippen LogP contribution is -2.00. The number of benzene rings is 9. The average Bonchev–Trinajstić information content (AvgIpc) is 3.95. The zero-order valence-corrected chi connectivity index (χ0v) is 35.1. The van der Waals surface area contributed by atoms with E-state index in [0.717, 1.165) is 77.7 Å². The van der Waals surface area contributed by atoms with Gasteiger partial charge in [0.15, 0.2) is 17.5 Å². The fourth-order valence-electron chi connectivity index (χ4n) is 9.23. The van der Waals surface area contributed by atoms with Crippen LogP contribution in [0.4, 0.5) is 0 Å². The number of nitrogens with zero attached hydrogens (tertiary/aromatic N) is 4. The van der Waals surface area contributed by atoms with Crippen molar-refractivity contribution in [2.75, 3.05) is 0 Å². The lowest BCUT2D eigenvalue weighted by atomic mass is 9.96. The molecule has 0 radical (unpaired) electrons. The molecule has 5 nitrogen and oxygen atoms in total. The molecule has 9 aromatic carbocycles. The third-order valence-electron chi connectivity index (χ3n) is 12.3. The molecular weight excluding hydrogens is 801 g/mol. The minimum atomic E-state index is 0.625. The number of fused-ring (bicyclic) bond motifs is 10. The highest BCUT2D eigenvalue weighted by atomic mass is 32.1. The second-order valence-corrected chi connectivity index (χ2v) is 17.2. The zero-order chi connectivity index (χ0) is 42.1. The second kappa shape index (κ2) is 14.7. The molecule has 0 atom stereocenters. The molecule has 13 aromatic rings. The van der Waals surface area contributed by atoms with E-state index in [1.165, 1.54) is 36.3 Å². The van der Waals surface area contributed by atoms with Gasteiger partial charge >= 0.3 is 0 Å². The van der Waals surface area contributed by atoms with E-state index in [4.69, 9.17) is 24.4 Å². The van der Waals surface area contributed by atoms with Crippen molar-refractivity contribution >= 4 is 75.1 Å². The summed E-state index contributed by atoms with van der Waals surface area (Å²) in [6.07, 6.45) is 0. The van der Waals surface area contributed by atoms with Crippen molar-refractivity contribution in [3.05, 3.63) is 206 Å². The molecule has 0 aliphatic heterocycles. The molecule has 4 heterocycles. The molecule has 0 N–H and O–H groups in total. The quantitative estimate of drug-likeness (QED) is 0.156. The van der Waals surface area contributed by atoms with Crippen molar-refractivity contribution < 1.29 is 4.42 Å². The van der Waals surface area contributed by atoms with Gasteiger partial charge in [0, 0.05) is 74.9 Å². The predicted molar refractivity (Wildman–Crippen MR) is 265 cm³/mol. The van der Waals surface area contributed by atoms with Crippen molar-refractivity contribution in [2.24, 2.45) is 0 Å². The summed E-state index contributed by atoms with van der Waals surface area (Å²) in [6.45, 7) is 0. The highest BCUT2D eigenvalue weighted by Gasteiger charge is 2.19. The van der Waals surface area contributed by atoms with E-state index in [9.17, 15) is 0 Å². The van der Waals surface area contributed by atoms with E-state index >= 15 is 0 Å². The summed E-state index contributed by atoms with van der Waals surface area (Å²) < 4.78 is 9.28. The summed E-state index contributed by atoms with van der Waals surface area (Å²) >= 11 is 1.86. The summed E-state index contributed by atoms with van der Waals surface area (Å²) in [7, 11) is 0. The number of aromatic nitrogens is 4.